The average Bonchev–Trinajstić information content (AvgIpc) is 2.36. The Balaban J connectivity index is 2.52. The van der Waals surface area contributed by atoms with E-state index in [2.05, 4.69) is 64.5 Å². The van der Waals surface area contributed by atoms with E-state index in [1.54, 1.807) is 0 Å². The Morgan fingerprint density at radius 2 is 1.74 bits per heavy atom. The van der Waals surface area contributed by atoms with Gasteiger partial charge in [0.05, 0.1) is 5.38 Å². The predicted molar refractivity (Wildman–Crippen MR) is 95.5 cm³/mol. The lowest BCUT2D eigenvalue weighted by molar-refractivity contribution is 1.09. The van der Waals surface area contributed by atoms with Gasteiger partial charge in [-0.3, -0.25) is 0 Å². The second-order valence-electron chi connectivity index (χ2n) is 4.49. The van der Waals surface area contributed by atoms with Gasteiger partial charge < -0.3 is 0 Å². The van der Waals surface area contributed by atoms with Gasteiger partial charge in [-0.1, -0.05) is 33.6 Å². The fourth-order valence-electron chi connectivity index (χ4n) is 1.95. The molecule has 0 amide bonds. The Morgan fingerprint density at radius 1 is 1.05 bits per heavy atom. The van der Waals surface area contributed by atoms with Gasteiger partial charge in [0.2, 0.25) is 0 Å². The van der Waals surface area contributed by atoms with Crippen LogP contribution in [0.2, 0.25) is 5.02 Å². The minimum Gasteiger partial charge on any atom is -0.113 e. The molecule has 0 radical (unpaired) electrons. The molecule has 0 fully saturated rings. The third-order valence-corrected chi connectivity index (χ3v) is 5.59. The van der Waals surface area contributed by atoms with Crippen molar-refractivity contribution in [2.45, 2.75) is 19.2 Å². The third kappa shape index (κ3) is 3.46. The number of hydrogen-bond donors (Lipinski definition) is 0. The van der Waals surface area contributed by atoms with E-state index in [9.17, 15) is 0 Å². The minimum atomic E-state index is -0.183. The Morgan fingerprint density at radius 3 is 2.42 bits per heavy atom. The van der Waals surface area contributed by atoms with Crippen LogP contribution < -0.4 is 0 Å². The Kier molecular flexibility index (Phi) is 5.21. The first-order valence-electron chi connectivity index (χ1n) is 5.76. The van der Waals surface area contributed by atoms with Crippen LogP contribution in [0.25, 0.3) is 0 Å². The molecule has 0 aliphatic carbocycles. The van der Waals surface area contributed by atoms with E-state index in [0.717, 1.165) is 19.2 Å². The lowest BCUT2D eigenvalue weighted by Crippen LogP contribution is -2.00. The maximum absolute atomic E-state index is 6.66. The van der Waals surface area contributed by atoms with Crippen LogP contribution >= 0.6 is 61.7 Å². The summed E-state index contributed by atoms with van der Waals surface area (Å²) in [5, 5.41) is 0.532. The van der Waals surface area contributed by atoms with Gasteiger partial charge in [0.15, 0.2) is 0 Å². The van der Waals surface area contributed by atoms with Crippen molar-refractivity contribution in [3.05, 3.63) is 65.7 Å². The lowest BCUT2D eigenvalue weighted by Gasteiger charge is -2.17. The van der Waals surface area contributed by atoms with Crippen LogP contribution in [0.15, 0.2) is 34.8 Å². The molecule has 100 valence electrons. The summed E-state index contributed by atoms with van der Waals surface area (Å²) in [5.74, 6) is 0. The van der Waals surface area contributed by atoms with Crippen LogP contribution in [0, 0.1) is 17.4 Å². The summed E-state index contributed by atoms with van der Waals surface area (Å²) in [7, 11) is 0. The van der Waals surface area contributed by atoms with Gasteiger partial charge in [0, 0.05) is 13.1 Å². The van der Waals surface area contributed by atoms with Gasteiger partial charge in [-0.25, -0.2) is 0 Å². The first-order valence-corrected chi connectivity index (χ1v) is 8.44. The van der Waals surface area contributed by atoms with E-state index in [1.165, 1.54) is 11.1 Å². The largest absolute Gasteiger partial charge is 0.113 e. The molecule has 0 aliphatic heterocycles. The highest BCUT2D eigenvalue weighted by Gasteiger charge is 2.17. The fourth-order valence-corrected chi connectivity index (χ4v) is 3.84. The summed E-state index contributed by atoms with van der Waals surface area (Å²) < 4.78 is 2.24. The zero-order valence-corrected chi connectivity index (χ0v) is 15.7. The third-order valence-electron chi connectivity index (χ3n) is 3.05. The molecule has 1 unspecified atom stereocenters. The van der Waals surface area contributed by atoms with E-state index < -0.39 is 0 Å². The van der Waals surface area contributed by atoms with Crippen molar-refractivity contribution in [1.82, 2.24) is 0 Å². The molecule has 4 heteroatoms. The van der Waals surface area contributed by atoms with E-state index in [-0.39, 0.29) is 5.38 Å². The van der Waals surface area contributed by atoms with Crippen molar-refractivity contribution in [2.75, 3.05) is 0 Å². The van der Waals surface area contributed by atoms with Crippen molar-refractivity contribution in [2.24, 2.45) is 0 Å². The topological polar surface area (TPSA) is 0 Å². The van der Waals surface area contributed by atoms with Gasteiger partial charge >= 0.3 is 0 Å². The van der Waals surface area contributed by atoms with Crippen molar-refractivity contribution in [3.63, 3.8) is 0 Å². The molecule has 0 saturated carbocycles. The average molecular weight is 470 g/mol. The van der Waals surface area contributed by atoms with E-state index in [0.29, 0.717) is 5.02 Å². The summed E-state index contributed by atoms with van der Waals surface area (Å²) in [6.45, 7) is 4.14. The number of halogens is 4. The highest BCUT2D eigenvalue weighted by Crippen LogP contribution is 2.36. The molecule has 0 aromatic heterocycles. The fraction of sp³-hybridized carbons (Fsp3) is 0.200. The first-order chi connectivity index (χ1) is 8.90. The molecule has 0 spiro atoms. The van der Waals surface area contributed by atoms with Gasteiger partial charge in [-0.15, -0.1) is 11.6 Å². The summed E-state index contributed by atoms with van der Waals surface area (Å²) in [6, 6.07) is 10.1. The van der Waals surface area contributed by atoms with Crippen LogP contribution in [0.5, 0.6) is 0 Å². The maximum atomic E-state index is 6.66. The number of aryl methyl sites for hydroxylation is 2. The smallest absolute Gasteiger partial charge is 0.0848 e. The molecular formula is C15H12BrCl2I. The summed E-state index contributed by atoms with van der Waals surface area (Å²) >= 11 is 18.6. The number of hydrogen-bond acceptors (Lipinski definition) is 0. The van der Waals surface area contributed by atoms with Crippen LogP contribution in [-0.2, 0) is 0 Å². The Bertz CT molecular complexity index is 626. The SMILES string of the molecule is Cc1cc(C(Cl)c2cc(Cl)ccc2I)c(C)cc1Br. The van der Waals surface area contributed by atoms with Gasteiger partial charge in [0.1, 0.15) is 0 Å². The summed E-state index contributed by atoms with van der Waals surface area (Å²) in [6.07, 6.45) is 0. The van der Waals surface area contributed by atoms with Crippen molar-refractivity contribution < 1.29 is 0 Å². The number of benzene rings is 2. The minimum absolute atomic E-state index is 0.183. The van der Waals surface area contributed by atoms with Crippen molar-refractivity contribution in [1.29, 1.82) is 0 Å². The first kappa shape index (κ1) is 15.6. The molecule has 0 nitrogen and oxygen atoms in total. The number of alkyl halides is 1. The van der Waals surface area contributed by atoms with Crippen LogP contribution in [-0.4, -0.2) is 0 Å². The number of rotatable bonds is 2. The van der Waals surface area contributed by atoms with Crippen molar-refractivity contribution >= 4 is 61.7 Å². The summed E-state index contributed by atoms with van der Waals surface area (Å²) in [5.41, 5.74) is 4.54. The summed E-state index contributed by atoms with van der Waals surface area (Å²) in [4.78, 5) is 0. The van der Waals surface area contributed by atoms with Gasteiger partial charge in [-0.2, -0.15) is 0 Å². The molecule has 0 N–H and O–H groups in total. The normalized spacial score (nSPS) is 12.5. The maximum Gasteiger partial charge on any atom is 0.0848 e. The van der Waals surface area contributed by atoms with Crippen LogP contribution in [0.3, 0.4) is 0 Å². The van der Waals surface area contributed by atoms with Crippen molar-refractivity contribution in [3.8, 4) is 0 Å². The zero-order chi connectivity index (χ0) is 14.2. The molecule has 1 atom stereocenters. The molecule has 2 rings (SSSR count). The molecule has 0 bridgehead atoms. The highest BCUT2D eigenvalue weighted by molar-refractivity contribution is 14.1. The second kappa shape index (κ2) is 6.33. The monoisotopic (exact) mass is 468 g/mol. The van der Waals surface area contributed by atoms with E-state index >= 15 is 0 Å². The molecule has 2 aromatic carbocycles. The standard InChI is InChI=1S/C15H12BrCl2I/c1-8-6-13(16)9(2)5-11(8)15(18)12-7-10(17)3-4-14(12)19/h3-7,15H,1-2H3. The van der Waals surface area contributed by atoms with Gasteiger partial charge in [-0.05, 0) is 83.0 Å². The highest BCUT2D eigenvalue weighted by atomic mass is 127. The molecule has 0 heterocycles. The lowest BCUT2D eigenvalue weighted by atomic mass is 9.98. The molecular weight excluding hydrogens is 458 g/mol. The molecule has 0 saturated heterocycles. The molecule has 19 heavy (non-hydrogen) atoms. The van der Waals surface area contributed by atoms with Crippen LogP contribution in [0.4, 0.5) is 0 Å². The predicted octanol–water partition coefficient (Wildman–Crippen LogP) is 6.65. The van der Waals surface area contributed by atoms with E-state index in [4.69, 9.17) is 23.2 Å². The van der Waals surface area contributed by atoms with Gasteiger partial charge in [0.25, 0.3) is 0 Å². The Hall–Kier alpha value is 0.230. The Labute approximate surface area is 145 Å². The van der Waals surface area contributed by atoms with Crippen LogP contribution in [0.1, 0.15) is 27.6 Å². The van der Waals surface area contributed by atoms with E-state index in [1.807, 2.05) is 18.2 Å². The molecule has 0 aliphatic rings. The quantitative estimate of drug-likeness (QED) is 0.341. The zero-order valence-electron chi connectivity index (χ0n) is 10.5. The second-order valence-corrected chi connectivity index (χ2v) is 7.38. The molecule has 2 aromatic rings.